The number of carbonyl (C=O) groups is 1. The van der Waals surface area contributed by atoms with Crippen LogP contribution in [0.1, 0.15) is 37.0 Å². The van der Waals surface area contributed by atoms with Gasteiger partial charge in [-0.15, -0.1) is 0 Å². The molecule has 1 heterocycles. The quantitative estimate of drug-likeness (QED) is 0.635. The molecule has 1 aliphatic rings. The van der Waals surface area contributed by atoms with E-state index in [-0.39, 0.29) is 5.97 Å². The highest BCUT2D eigenvalue weighted by Crippen LogP contribution is 2.29. The van der Waals surface area contributed by atoms with Gasteiger partial charge in [0.05, 0.1) is 18.7 Å². The minimum Gasteiger partial charge on any atom is -0.456 e. The van der Waals surface area contributed by atoms with Gasteiger partial charge >= 0.3 is 5.97 Å². The molecule has 4 N–H and O–H groups in total. The van der Waals surface area contributed by atoms with Crippen LogP contribution in [0.25, 0.3) is 0 Å². The molecule has 2 rings (SSSR count). The topological polar surface area (TPSA) is 68.9 Å². The van der Waals surface area contributed by atoms with Gasteiger partial charge in [0.15, 0.2) is 0 Å². The zero-order valence-corrected chi connectivity index (χ0v) is 11.7. The number of nitrogen functional groups attached to an aromatic ring is 1. The molecule has 4 nitrogen and oxygen atoms in total. The fourth-order valence-electron chi connectivity index (χ4n) is 2.68. The number of piperidine rings is 1. The number of carbonyl (C=O) groups excluding carboxylic acids is 1. The van der Waals surface area contributed by atoms with Crippen LogP contribution in [0.2, 0.25) is 0 Å². The number of hydrogen-bond acceptors (Lipinski definition) is 3. The van der Waals surface area contributed by atoms with Crippen LogP contribution in [0.3, 0.4) is 0 Å². The van der Waals surface area contributed by atoms with Gasteiger partial charge in [-0.2, -0.15) is 0 Å². The Kier molecular flexibility index (Phi) is 4.10. The molecule has 0 radical (unpaired) electrons. The maximum atomic E-state index is 12.2. The van der Waals surface area contributed by atoms with Crippen molar-refractivity contribution in [2.45, 2.75) is 32.3 Å². The van der Waals surface area contributed by atoms with E-state index in [4.69, 9.17) is 10.5 Å². The Balaban J connectivity index is 2.07. The molecule has 1 aromatic rings. The molecule has 0 spiro atoms. The summed E-state index contributed by atoms with van der Waals surface area (Å²) in [5.41, 5.74) is 6.30. The van der Waals surface area contributed by atoms with Crippen molar-refractivity contribution in [1.82, 2.24) is 0 Å². The maximum Gasteiger partial charge on any atom is 0.340 e. The molecule has 1 saturated heterocycles. The summed E-state index contributed by atoms with van der Waals surface area (Å²) in [5, 5.41) is 2.31. The molecule has 0 aliphatic carbocycles. The van der Waals surface area contributed by atoms with E-state index < -0.39 is 5.60 Å². The van der Waals surface area contributed by atoms with E-state index in [0.717, 1.165) is 25.9 Å². The van der Waals surface area contributed by atoms with Gasteiger partial charge in [0, 0.05) is 24.4 Å². The number of nitrogens with two attached hydrogens (primary N) is 2. The third-order valence-electron chi connectivity index (χ3n) is 3.96. The van der Waals surface area contributed by atoms with Gasteiger partial charge < -0.3 is 15.8 Å². The molecular weight excluding hydrogens is 240 g/mol. The van der Waals surface area contributed by atoms with E-state index in [1.165, 1.54) is 0 Å². The highest BCUT2D eigenvalue weighted by atomic mass is 16.6. The van der Waals surface area contributed by atoms with Crippen molar-refractivity contribution in [2.24, 2.45) is 5.92 Å². The molecule has 104 valence electrons. The van der Waals surface area contributed by atoms with Gasteiger partial charge in [0.2, 0.25) is 0 Å². The fourth-order valence-corrected chi connectivity index (χ4v) is 2.68. The molecule has 0 saturated carbocycles. The summed E-state index contributed by atoms with van der Waals surface area (Å²) in [6.45, 7) is 6.22. The number of rotatable bonds is 3. The summed E-state index contributed by atoms with van der Waals surface area (Å²) in [4.78, 5) is 12.2. The number of para-hydroxylation sites is 1. The van der Waals surface area contributed by atoms with E-state index in [1.807, 2.05) is 19.9 Å². The van der Waals surface area contributed by atoms with Crippen molar-refractivity contribution in [2.75, 3.05) is 18.8 Å². The van der Waals surface area contributed by atoms with Crippen molar-refractivity contribution in [3.05, 3.63) is 29.8 Å². The van der Waals surface area contributed by atoms with Crippen molar-refractivity contribution in [3.8, 4) is 0 Å². The van der Waals surface area contributed by atoms with Gasteiger partial charge in [-0.1, -0.05) is 12.1 Å². The van der Waals surface area contributed by atoms with Gasteiger partial charge in [-0.05, 0) is 26.0 Å². The first-order chi connectivity index (χ1) is 9.00. The molecule has 19 heavy (non-hydrogen) atoms. The van der Waals surface area contributed by atoms with Crippen LogP contribution in [0.5, 0.6) is 0 Å². The molecule has 0 aromatic heterocycles. The lowest BCUT2D eigenvalue weighted by molar-refractivity contribution is -0.665. The van der Waals surface area contributed by atoms with Crippen LogP contribution in [-0.4, -0.2) is 24.7 Å². The minimum atomic E-state index is -0.437. The smallest absolute Gasteiger partial charge is 0.340 e. The van der Waals surface area contributed by atoms with E-state index in [9.17, 15) is 4.79 Å². The summed E-state index contributed by atoms with van der Waals surface area (Å²) < 4.78 is 5.71. The predicted octanol–water partition coefficient (Wildman–Crippen LogP) is 1.18. The predicted molar refractivity (Wildman–Crippen MR) is 74.7 cm³/mol. The van der Waals surface area contributed by atoms with E-state index >= 15 is 0 Å². The number of benzene rings is 1. The zero-order valence-electron chi connectivity index (χ0n) is 11.7. The van der Waals surface area contributed by atoms with Crippen molar-refractivity contribution < 1.29 is 14.8 Å². The SMILES string of the molecule is CC(C)(OC(=O)c1ccccc1N)C1CC[NH2+]CC1. The zero-order chi connectivity index (χ0) is 13.9. The summed E-state index contributed by atoms with van der Waals surface area (Å²) in [5.74, 6) is 0.101. The van der Waals surface area contributed by atoms with Crippen LogP contribution in [0, 0.1) is 5.92 Å². The van der Waals surface area contributed by atoms with E-state index in [2.05, 4.69) is 5.32 Å². The van der Waals surface area contributed by atoms with Crippen LogP contribution in [0.15, 0.2) is 24.3 Å². The first-order valence-corrected chi connectivity index (χ1v) is 6.90. The lowest BCUT2D eigenvalue weighted by Crippen LogP contribution is -2.86. The minimum absolute atomic E-state index is 0.322. The Hall–Kier alpha value is -1.55. The molecule has 0 atom stereocenters. The molecule has 1 aromatic carbocycles. The Labute approximate surface area is 114 Å². The largest absolute Gasteiger partial charge is 0.456 e. The van der Waals surface area contributed by atoms with E-state index in [1.54, 1.807) is 18.2 Å². The average molecular weight is 263 g/mol. The van der Waals surface area contributed by atoms with Crippen molar-refractivity contribution in [3.63, 3.8) is 0 Å². The molecule has 0 bridgehead atoms. The second-order valence-corrected chi connectivity index (χ2v) is 5.72. The van der Waals surface area contributed by atoms with Gasteiger partial charge in [0.1, 0.15) is 5.60 Å². The molecular formula is C15H23N2O2+. The summed E-state index contributed by atoms with van der Waals surface area (Å²) in [7, 11) is 0. The Morgan fingerprint density at radius 3 is 2.58 bits per heavy atom. The lowest BCUT2D eigenvalue weighted by atomic mass is 9.83. The third-order valence-corrected chi connectivity index (χ3v) is 3.96. The van der Waals surface area contributed by atoms with Crippen molar-refractivity contribution in [1.29, 1.82) is 0 Å². The molecule has 0 amide bonds. The molecule has 1 aliphatic heterocycles. The Morgan fingerprint density at radius 2 is 1.95 bits per heavy atom. The second-order valence-electron chi connectivity index (χ2n) is 5.72. The normalized spacial score (nSPS) is 17.2. The van der Waals surface area contributed by atoms with Crippen LogP contribution in [0.4, 0.5) is 5.69 Å². The van der Waals surface area contributed by atoms with Gasteiger partial charge in [-0.25, -0.2) is 4.79 Å². The highest BCUT2D eigenvalue weighted by molar-refractivity contribution is 5.95. The van der Waals surface area contributed by atoms with Crippen LogP contribution < -0.4 is 11.1 Å². The number of ether oxygens (including phenoxy) is 1. The van der Waals surface area contributed by atoms with Gasteiger partial charge in [-0.3, -0.25) is 0 Å². The average Bonchev–Trinajstić information content (AvgIpc) is 2.39. The summed E-state index contributed by atoms with van der Waals surface area (Å²) in [6.07, 6.45) is 2.18. The number of esters is 1. The number of quaternary nitrogens is 1. The Bertz CT molecular complexity index is 451. The molecule has 0 unspecified atom stereocenters. The summed E-state index contributed by atoms with van der Waals surface area (Å²) >= 11 is 0. The number of anilines is 1. The lowest BCUT2D eigenvalue weighted by Gasteiger charge is -2.35. The van der Waals surface area contributed by atoms with Crippen molar-refractivity contribution >= 4 is 11.7 Å². The maximum absolute atomic E-state index is 12.2. The first-order valence-electron chi connectivity index (χ1n) is 6.90. The standard InChI is InChI=1S/C15H22N2O2/c1-15(2,11-7-9-17-10-8-11)19-14(18)12-5-3-4-6-13(12)16/h3-6,11,17H,7-10,16H2,1-2H3/p+1. The Morgan fingerprint density at radius 1 is 1.32 bits per heavy atom. The molecule has 1 fully saturated rings. The van der Waals surface area contributed by atoms with E-state index in [0.29, 0.717) is 17.2 Å². The van der Waals surface area contributed by atoms with Gasteiger partial charge in [0.25, 0.3) is 0 Å². The second kappa shape index (κ2) is 5.61. The molecule has 4 heteroatoms. The number of hydrogen-bond donors (Lipinski definition) is 2. The monoisotopic (exact) mass is 263 g/mol. The third kappa shape index (κ3) is 3.26. The van der Waals surface area contributed by atoms with Crippen LogP contribution >= 0.6 is 0 Å². The first kappa shape index (κ1) is 13.9. The summed E-state index contributed by atoms with van der Waals surface area (Å²) in [6, 6.07) is 7.05. The highest BCUT2D eigenvalue weighted by Gasteiger charge is 2.35. The van der Waals surface area contributed by atoms with Crippen LogP contribution in [-0.2, 0) is 4.74 Å². The fraction of sp³-hybridized carbons (Fsp3) is 0.533.